The molecule has 0 bridgehead atoms. The Labute approximate surface area is 70.3 Å². The highest BCUT2D eigenvalue weighted by Gasteiger charge is 2.24. The van der Waals surface area contributed by atoms with Gasteiger partial charge in [-0.15, -0.1) is 0 Å². The third-order valence-corrected chi connectivity index (χ3v) is 2.20. The highest BCUT2D eigenvalue weighted by molar-refractivity contribution is 5.21. The number of pyridine rings is 1. The van der Waals surface area contributed by atoms with Crippen molar-refractivity contribution >= 4 is 0 Å². The first-order valence-corrected chi connectivity index (χ1v) is 4.10. The van der Waals surface area contributed by atoms with Crippen LogP contribution in [0, 0.1) is 6.92 Å². The summed E-state index contributed by atoms with van der Waals surface area (Å²) in [7, 11) is 0. The molecule has 0 aliphatic heterocycles. The molecule has 0 atom stereocenters. The Morgan fingerprint density at radius 1 is 1.58 bits per heavy atom. The van der Waals surface area contributed by atoms with E-state index in [0.717, 1.165) is 18.5 Å². The molecule has 0 amide bonds. The van der Waals surface area contributed by atoms with Crippen molar-refractivity contribution in [1.29, 1.82) is 0 Å². The SMILES string of the molecule is Cc1cc(=O)c(O)cn1C1CC1. The van der Waals surface area contributed by atoms with Crippen LogP contribution >= 0.6 is 0 Å². The molecule has 1 aromatic rings. The lowest BCUT2D eigenvalue weighted by Gasteiger charge is -2.08. The summed E-state index contributed by atoms with van der Waals surface area (Å²) in [5, 5.41) is 9.17. The molecule has 1 fully saturated rings. The fraction of sp³-hybridized carbons (Fsp3) is 0.444. The zero-order valence-corrected chi connectivity index (χ0v) is 6.95. The summed E-state index contributed by atoms with van der Waals surface area (Å²) < 4.78 is 1.97. The lowest BCUT2D eigenvalue weighted by atomic mass is 10.3. The molecule has 3 nitrogen and oxygen atoms in total. The Morgan fingerprint density at radius 2 is 2.25 bits per heavy atom. The topological polar surface area (TPSA) is 42.2 Å². The molecule has 1 aliphatic rings. The second-order valence-corrected chi connectivity index (χ2v) is 3.30. The predicted molar refractivity (Wildman–Crippen MR) is 45.4 cm³/mol. The third-order valence-electron chi connectivity index (χ3n) is 2.20. The second-order valence-electron chi connectivity index (χ2n) is 3.30. The van der Waals surface area contributed by atoms with Gasteiger partial charge in [-0.25, -0.2) is 0 Å². The molecule has 0 radical (unpaired) electrons. The Balaban J connectivity index is 2.54. The van der Waals surface area contributed by atoms with Crippen LogP contribution in [0.25, 0.3) is 0 Å². The Bertz CT molecular complexity index is 363. The number of aromatic nitrogens is 1. The number of hydrogen-bond donors (Lipinski definition) is 1. The molecule has 3 heteroatoms. The van der Waals surface area contributed by atoms with Crippen molar-refractivity contribution < 1.29 is 5.11 Å². The van der Waals surface area contributed by atoms with Crippen LogP contribution in [0.4, 0.5) is 0 Å². The van der Waals surface area contributed by atoms with Gasteiger partial charge < -0.3 is 9.67 Å². The van der Waals surface area contributed by atoms with Gasteiger partial charge in [0, 0.05) is 17.8 Å². The molecule has 0 saturated heterocycles. The van der Waals surface area contributed by atoms with Crippen molar-refractivity contribution in [3.63, 3.8) is 0 Å². The zero-order valence-electron chi connectivity index (χ0n) is 6.95. The maximum atomic E-state index is 11.0. The van der Waals surface area contributed by atoms with E-state index in [4.69, 9.17) is 5.11 Å². The summed E-state index contributed by atoms with van der Waals surface area (Å²) in [5.74, 6) is -0.146. The molecule has 1 saturated carbocycles. The van der Waals surface area contributed by atoms with Crippen molar-refractivity contribution in [1.82, 2.24) is 4.57 Å². The maximum Gasteiger partial charge on any atom is 0.223 e. The molecule has 1 heterocycles. The minimum Gasteiger partial charge on any atom is -0.503 e. The van der Waals surface area contributed by atoms with Gasteiger partial charge in [0.25, 0.3) is 0 Å². The summed E-state index contributed by atoms with van der Waals surface area (Å²) in [6.45, 7) is 1.89. The average Bonchev–Trinajstić information content (AvgIpc) is 2.79. The summed E-state index contributed by atoms with van der Waals surface area (Å²) in [4.78, 5) is 11.0. The Morgan fingerprint density at radius 3 is 2.83 bits per heavy atom. The molecule has 12 heavy (non-hydrogen) atoms. The van der Waals surface area contributed by atoms with Crippen molar-refractivity contribution in [2.75, 3.05) is 0 Å². The normalized spacial score (nSPS) is 16.4. The van der Waals surface area contributed by atoms with Gasteiger partial charge in [-0.1, -0.05) is 0 Å². The van der Waals surface area contributed by atoms with Crippen LogP contribution in [0.1, 0.15) is 24.6 Å². The third kappa shape index (κ3) is 1.11. The van der Waals surface area contributed by atoms with E-state index in [1.54, 1.807) is 0 Å². The number of nitrogens with zero attached hydrogens (tertiary/aromatic N) is 1. The van der Waals surface area contributed by atoms with Crippen LogP contribution in [-0.4, -0.2) is 9.67 Å². The van der Waals surface area contributed by atoms with E-state index in [2.05, 4.69) is 0 Å². The van der Waals surface area contributed by atoms with Crippen molar-refractivity contribution in [2.45, 2.75) is 25.8 Å². The monoisotopic (exact) mass is 165 g/mol. The van der Waals surface area contributed by atoms with E-state index in [9.17, 15) is 4.79 Å². The molecule has 64 valence electrons. The smallest absolute Gasteiger partial charge is 0.223 e. The molecule has 0 spiro atoms. The van der Waals surface area contributed by atoms with E-state index in [-0.39, 0.29) is 11.2 Å². The maximum absolute atomic E-state index is 11.0. The number of hydrogen-bond acceptors (Lipinski definition) is 2. The fourth-order valence-electron chi connectivity index (χ4n) is 1.38. The van der Waals surface area contributed by atoms with Gasteiger partial charge in [-0.3, -0.25) is 4.79 Å². The van der Waals surface area contributed by atoms with Gasteiger partial charge in [0.1, 0.15) is 0 Å². The first-order valence-electron chi connectivity index (χ1n) is 4.10. The highest BCUT2D eigenvalue weighted by Crippen LogP contribution is 2.35. The van der Waals surface area contributed by atoms with Gasteiger partial charge in [-0.05, 0) is 19.8 Å². The first kappa shape index (κ1) is 7.40. The van der Waals surface area contributed by atoms with Crippen LogP contribution in [0.2, 0.25) is 0 Å². The van der Waals surface area contributed by atoms with Crippen LogP contribution in [0.5, 0.6) is 5.75 Å². The molecule has 1 aromatic heterocycles. The largest absolute Gasteiger partial charge is 0.503 e. The van der Waals surface area contributed by atoms with Gasteiger partial charge in [-0.2, -0.15) is 0 Å². The first-order chi connectivity index (χ1) is 5.68. The van der Waals surface area contributed by atoms with E-state index in [0.29, 0.717) is 6.04 Å². The quantitative estimate of drug-likeness (QED) is 0.679. The summed E-state index contributed by atoms with van der Waals surface area (Å²) >= 11 is 0. The standard InChI is InChI=1S/C9H11NO2/c1-6-4-8(11)9(12)5-10(6)7-2-3-7/h4-5,7,12H,2-3H2,1H3. The highest BCUT2D eigenvalue weighted by atomic mass is 16.3. The second kappa shape index (κ2) is 2.37. The number of aryl methyl sites for hydroxylation is 1. The van der Waals surface area contributed by atoms with Gasteiger partial charge in [0.05, 0.1) is 6.20 Å². The van der Waals surface area contributed by atoms with Gasteiger partial charge in [0.15, 0.2) is 5.75 Å². The molecule has 0 aromatic carbocycles. The average molecular weight is 165 g/mol. The summed E-state index contributed by atoms with van der Waals surface area (Å²) in [6.07, 6.45) is 3.85. The lowest BCUT2D eigenvalue weighted by Crippen LogP contribution is -2.08. The van der Waals surface area contributed by atoms with E-state index in [1.807, 2.05) is 11.5 Å². The fourth-order valence-corrected chi connectivity index (χ4v) is 1.38. The summed E-state index contributed by atoms with van der Waals surface area (Å²) in [6, 6.07) is 1.99. The Hall–Kier alpha value is -1.25. The molecular formula is C9H11NO2. The minimum atomic E-state index is -0.288. The van der Waals surface area contributed by atoms with Crippen LogP contribution < -0.4 is 5.43 Å². The lowest BCUT2D eigenvalue weighted by molar-refractivity contribution is 0.459. The van der Waals surface area contributed by atoms with E-state index in [1.165, 1.54) is 12.3 Å². The van der Waals surface area contributed by atoms with Crippen molar-refractivity contribution in [3.8, 4) is 5.75 Å². The van der Waals surface area contributed by atoms with Gasteiger partial charge in [0.2, 0.25) is 5.43 Å². The van der Waals surface area contributed by atoms with Crippen molar-refractivity contribution in [2.24, 2.45) is 0 Å². The van der Waals surface area contributed by atoms with E-state index < -0.39 is 0 Å². The molecule has 0 unspecified atom stereocenters. The zero-order chi connectivity index (χ0) is 8.72. The Kier molecular flexibility index (Phi) is 1.46. The minimum absolute atomic E-state index is 0.146. The predicted octanol–water partition coefficient (Wildman–Crippen LogP) is 1.20. The molecule has 2 rings (SSSR count). The van der Waals surface area contributed by atoms with Crippen LogP contribution in [0.15, 0.2) is 17.1 Å². The molecule has 1 N–H and O–H groups in total. The summed E-state index contributed by atoms with van der Waals surface area (Å²) in [5.41, 5.74) is 0.643. The van der Waals surface area contributed by atoms with E-state index >= 15 is 0 Å². The van der Waals surface area contributed by atoms with Crippen LogP contribution in [-0.2, 0) is 0 Å². The van der Waals surface area contributed by atoms with Crippen LogP contribution in [0.3, 0.4) is 0 Å². The molecule has 1 aliphatic carbocycles. The van der Waals surface area contributed by atoms with Gasteiger partial charge >= 0.3 is 0 Å². The molecular weight excluding hydrogens is 154 g/mol. The van der Waals surface area contributed by atoms with Crippen molar-refractivity contribution in [3.05, 3.63) is 28.2 Å². The number of aromatic hydroxyl groups is 1. The number of rotatable bonds is 1.